The average molecular weight is 256 g/mol. The van der Waals surface area contributed by atoms with Crippen molar-refractivity contribution in [3.63, 3.8) is 0 Å². The van der Waals surface area contributed by atoms with Crippen LogP contribution in [0.15, 0.2) is 59.5 Å². The zero-order valence-electron chi connectivity index (χ0n) is 10.4. The van der Waals surface area contributed by atoms with Crippen molar-refractivity contribution in [2.24, 2.45) is 0 Å². The smallest absolute Gasteiger partial charge is 0.216 e. The largest absolute Gasteiger partial charge is 0.282 e. The number of rotatable bonds is 4. The van der Waals surface area contributed by atoms with Crippen LogP contribution in [0.1, 0.15) is 19.8 Å². The zero-order valence-corrected chi connectivity index (χ0v) is 11.2. The molecule has 0 atom stereocenters. The van der Waals surface area contributed by atoms with E-state index in [4.69, 9.17) is 0 Å². The van der Waals surface area contributed by atoms with Gasteiger partial charge in [-0.25, -0.2) is 0 Å². The molecule has 0 saturated heterocycles. The summed E-state index contributed by atoms with van der Waals surface area (Å²) in [5.74, 6) is 0. The highest BCUT2D eigenvalue weighted by Gasteiger charge is 2.01. The first-order valence-electron chi connectivity index (χ1n) is 6.17. The summed E-state index contributed by atoms with van der Waals surface area (Å²) in [4.78, 5) is 12.7. The van der Waals surface area contributed by atoms with E-state index in [0.29, 0.717) is 0 Å². The van der Waals surface area contributed by atoms with Crippen LogP contribution in [0.2, 0.25) is 0 Å². The third-order valence-electron chi connectivity index (χ3n) is 2.65. The van der Waals surface area contributed by atoms with E-state index in [-0.39, 0.29) is 5.12 Å². The number of carbonyl (C=O) groups is 1. The molecule has 0 heterocycles. The minimum atomic E-state index is 0.0960. The molecule has 0 radical (unpaired) electrons. The molecular formula is C16H16OS. The van der Waals surface area contributed by atoms with Gasteiger partial charge in [-0.05, 0) is 47.2 Å². The molecular weight excluding hydrogens is 240 g/mol. The molecule has 92 valence electrons. The quantitative estimate of drug-likeness (QED) is 0.576. The van der Waals surface area contributed by atoms with Gasteiger partial charge in [0, 0.05) is 4.90 Å². The fourth-order valence-corrected chi connectivity index (χ4v) is 2.45. The number of thioether (sulfide) groups is 1. The van der Waals surface area contributed by atoms with E-state index in [1.807, 2.05) is 24.3 Å². The summed E-state index contributed by atoms with van der Waals surface area (Å²) in [7, 11) is 0. The summed E-state index contributed by atoms with van der Waals surface area (Å²) >= 11 is 1.28. The molecule has 0 unspecified atom stereocenters. The Balaban J connectivity index is 2.10. The maximum absolute atomic E-state index is 11.7. The molecule has 0 spiro atoms. The van der Waals surface area contributed by atoms with Crippen LogP contribution in [0, 0.1) is 0 Å². The fourth-order valence-electron chi connectivity index (χ4n) is 1.73. The van der Waals surface area contributed by atoms with Gasteiger partial charge in [-0.2, -0.15) is 0 Å². The second-order valence-corrected chi connectivity index (χ2v) is 5.20. The normalized spacial score (nSPS) is 11.2. The molecule has 2 aromatic rings. The number of hydrogen-bond acceptors (Lipinski definition) is 2. The van der Waals surface area contributed by atoms with Crippen molar-refractivity contribution in [1.29, 1.82) is 0 Å². The Morgan fingerprint density at radius 2 is 1.94 bits per heavy atom. The first kappa shape index (κ1) is 12.9. The molecule has 0 aromatic heterocycles. The van der Waals surface area contributed by atoms with Crippen molar-refractivity contribution in [2.75, 3.05) is 0 Å². The van der Waals surface area contributed by atoms with E-state index in [1.165, 1.54) is 22.5 Å². The lowest BCUT2D eigenvalue weighted by molar-refractivity contribution is -0.107. The predicted octanol–water partition coefficient (Wildman–Crippen LogP) is 4.81. The van der Waals surface area contributed by atoms with Crippen LogP contribution in [-0.4, -0.2) is 5.12 Å². The van der Waals surface area contributed by atoms with Crippen LogP contribution in [0.3, 0.4) is 0 Å². The maximum Gasteiger partial charge on any atom is 0.216 e. The molecule has 0 aliphatic rings. The number of allylic oxidation sites excluding steroid dienone is 1. The highest BCUT2D eigenvalue weighted by Crippen LogP contribution is 2.24. The number of carbonyl (C=O) groups excluding carboxylic acids is 1. The zero-order chi connectivity index (χ0) is 12.8. The van der Waals surface area contributed by atoms with Crippen LogP contribution >= 0.6 is 11.8 Å². The van der Waals surface area contributed by atoms with Gasteiger partial charge in [0.1, 0.15) is 0 Å². The molecule has 0 bridgehead atoms. The molecule has 2 aromatic carbocycles. The Kier molecular flexibility index (Phi) is 4.59. The highest BCUT2D eigenvalue weighted by atomic mass is 32.2. The standard InChI is InChI=1S/C16H16OS/c1-2-3-4-9-16(17)18-15-11-10-13-7-5-6-8-14(13)12-15/h4-12H,2-3H2,1H3/b9-4+. The van der Waals surface area contributed by atoms with Crippen LogP contribution < -0.4 is 0 Å². The molecule has 0 aliphatic carbocycles. The summed E-state index contributed by atoms with van der Waals surface area (Å²) in [5, 5.41) is 2.47. The third kappa shape index (κ3) is 3.47. The lowest BCUT2D eigenvalue weighted by Crippen LogP contribution is -1.84. The summed E-state index contributed by atoms with van der Waals surface area (Å²) in [6.45, 7) is 2.10. The SMILES string of the molecule is CCC/C=C/C(=O)Sc1ccc2ccccc2c1. The van der Waals surface area contributed by atoms with E-state index >= 15 is 0 Å². The van der Waals surface area contributed by atoms with Gasteiger partial charge in [0.05, 0.1) is 0 Å². The van der Waals surface area contributed by atoms with Crippen molar-refractivity contribution in [3.8, 4) is 0 Å². The highest BCUT2D eigenvalue weighted by molar-refractivity contribution is 8.14. The molecule has 0 saturated carbocycles. The van der Waals surface area contributed by atoms with Gasteiger partial charge >= 0.3 is 0 Å². The van der Waals surface area contributed by atoms with E-state index < -0.39 is 0 Å². The van der Waals surface area contributed by atoms with Crippen LogP contribution in [0.25, 0.3) is 10.8 Å². The Hall–Kier alpha value is -1.54. The predicted molar refractivity (Wildman–Crippen MR) is 78.9 cm³/mol. The molecule has 2 heteroatoms. The van der Waals surface area contributed by atoms with Crippen molar-refractivity contribution in [3.05, 3.63) is 54.6 Å². The minimum absolute atomic E-state index is 0.0960. The van der Waals surface area contributed by atoms with Crippen LogP contribution in [0.4, 0.5) is 0 Å². The third-order valence-corrected chi connectivity index (χ3v) is 3.48. The van der Waals surface area contributed by atoms with Gasteiger partial charge in [0.15, 0.2) is 0 Å². The van der Waals surface area contributed by atoms with Crippen molar-refractivity contribution >= 4 is 27.6 Å². The number of fused-ring (bicyclic) bond motifs is 1. The monoisotopic (exact) mass is 256 g/mol. The van der Waals surface area contributed by atoms with Crippen molar-refractivity contribution < 1.29 is 4.79 Å². The summed E-state index contributed by atoms with van der Waals surface area (Å²) in [6.07, 6.45) is 5.65. The lowest BCUT2D eigenvalue weighted by atomic mass is 10.1. The van der Waals surface area contributed by atoms with E-state index in [0.717, 1.165) is 17.7 Å². The second-order valence-electron chi connectivity index (χ2n) is 4.12. The lowest BCUT2D eigenvalue weighted by Gasteiger charge is -2.01. The Morgan fingerprint density at radius 1 is 1.17 bits per heavy atom. The van der Waals surface area contributed by atoms with Crippen molar-refractivity contribution in [2.45, 2.75) is 24.7 Å². The van der Waals surface area contributed by atoms with Gasteiger partial charge in [-0.15, -0.1) is 0 Å². The topological polar surface area (TPSA) is 17.1 Å². The summed E-state index contributed by atoms with van der Waals surface area (Å²) < 4.78 is 0. The number of unbranched alkanes of at least 4 members (excludes halogenated alkanes) is 1. The Bertz CT molecular complexity index is 572. The minimum Gasteiger partial charge on any atom is -0.282 e. The molecule has 1 nitrogen and oxygen atoms in total. The molecule has 18 heavy (non-hydrogen) atoms. The molecule has 0 aliphatic heterocycles. The molecule has 0 amide bonds. The first-order chi connectivity index (χ1) is 8.79. The Labute approximate surface area is 112 Å². The first-order valence-corrected chi connectivity index (χ1v) is 6.98. The van der Waals surface area contributed by atoms with E-state index in [2.05, 4.69) is 31.2 Å². The summed E-state index contributed by atoms with van der Waals surface area (Å²) in [5.41, 5.74) is 0. The second kappa shape index (κ2) is 6.41. The molecule has 2 rings (SSSR count). The van der Waals surface area contributed by atoms with Gasteiger partial charge in [0.25, 0.3) is 0 Å². The van der Waals surface area contributed by atoms with E-state index in [1.54, 1.807) is 6.08 Å². The Morgan fingerprint density at radius 3 is 2.72 bits per heavy atom. The maximum atomic E-state index is 11.7. The van der Waals surface area contributed by atoms with E-state index in [9.17, 15) is 4.79 Å². The van der Waals surface area contributed by atoms with Gasteiger partial charge in [-0.3, -0.25) is 4.79 Å². The number of hydrogen-bond donors (Lipinski definition) is 0. The van der Waals surface area contributed by atoms with Crippen molar-refractivity contribution in [1.82, 2.24) is 0 Å². The van der Waals surface area contributed by atoms with Crippen LogP contribution in [0.5, 0.6) is 0 Å². The van der Waals surface area contributed by atoms with Gasteiger partial charge in [0.2, 0.25) is 5.12 Å². The molecule has 0 N–H and O–H groups in total. The number of benzene rings is 2. The fraction of sp³-hybridized carbons (Fsp3) is 0.188. The summed E-state index contributed by atoms with van der Waals surface area (Å²) in [6, 6.07) is 14.3. The molecule has 0 fully saturated rings. The van der Waals surface area contributed by atoms with Gasteiger partial charge < -0.3 is 0 Å². The van der Waals surface area contributed by atoms with Crippen LogP contribution in [-0.2, 0) is 4.79 Å². The van der Waals surface area contributed by atoms with Gasteiger partial charge in [-0.1, -0.05) is 49.8 Å². The average Bonchev–Trinajstić information content (AvgIpc) is 2.39.